The minimum absolute atomic E-state index is 0.0878. The molecule has 0 radical (unpaired) electrons. The molecule has 0 fully saturated rings. The van der Waals surface area contributed by atoms with Gasteiger partial charge in [-0.15, -0.1) is 0 Å². The van der Waals surface area contributed by atoms with Gasteiger partial charge in [-0.05, 0) is 30.6 Å². The zero-order valence-electron chi connectivity index (χ0n) is 16.7. The molecule has 0 amide bonds. The molecule has 0 aliphatic carbocycles. The van der Waals surface area contributed by atoms with Gasteiger partial charge < -0.3 is 9.47 Å². The van der Waals surface area contributed by atoms with Crippen molar-refractivity contribution in [3.8, 4) is 0 Å². The van der Waals surface area contributed by atoms with Crippen molar-refractivity contribution < 1.29 is 19.1 Å². The van der Waals surface area contributed by atoms with Crippen molar-refractivity contribution in [1.29, 1.82) is 0 Å². The van der Waals surface area contributed by atoms with E-state index in [2.05, 4.69) is 0 Å². The summed E-state index contributed by atoms with van der Waals surface area (Å²) < 4.78 is 10.8. The van der Waals surface area contributed by atoms with Gasteiger partial charge in [-0.25, -0.2) is 9.59 Å². The Morgan fingerprint density at radius 1 is 0.875 bits per heavy atom. The maximum atomic E-state index is 12.6. The molecule has 140 valence electrons. The fraction of sp³-hybridized carbons (Fsp3) is 0.800. The van der Waals surface area contributed by atoms with Crippen LogP contribution < -0.4 is 0 Å². The van der Waals surface area contributed by atoms with Gasteiger partial charge in [0.05, 0.1) is 18.8 Å². The van der Waals surface area contributed by atoms with Crippen LogP contribution in [-0.2, 0) is 19.1 Å². The first-order chi connectivity index (χ1) is 11.1. The lowest BCUT2D eigenvalue weighted by molar-refractivity contribution is -0.143. The van der Waals surface area contributed by atoms with Gasteiger partial charge in [-0.2, -0.15) is 0 Å². The smallest absolute Gasteiger partial charge is 0.334 e. The number of carbonyl (C=O) groups excluding carboxylic acids is 2. The summed E-state index contributed by atoms with van der Waals surface area (Å²) in [5.41, 5.74) is 0.806. The number of ether oxygens (including phenoxy) is 2. The van der Waals surface area contributed by atoms with E-state index in [4.69, 9.17) is 9.47 Å². The van der Waals surface area contributed by atoms with Crippen LogP contribution in [0.4, 0.5) is 0 Å². The fourth-order valence-corrected chi connectivity index (χ4v) is 2.30. The average molecular weight is 341 g/mol. The van der Waals surface area contributed by atoms with Gasteiger partial charge in [0.1, 0.15) is 0 Å². The van der Waals surface area contributed by atoms with Gasteiger partial charge in [-0.3, -0.25) is 0 Å². The van der Waals surface area contributed by atoms with Crippen molar-refractivity contribution >= 4 is 11.9 Å². The molecule has 0 saturated carbocycles. The predicted octanol–water partition coefficient (Wildman–Crippen LogP) is 5.06. The van der Waals surface area contributed by atoms with E-state index in [9.17, 15) is 9.59 Å². The first-order valence-corrected chi connectivity index (χ1v) is 9.21. The highest BCUT2D eigenvalue weighted by molar-refractivity contribution is 6.00. The zero-order valence-corrected chi connectivity index (χ0v) is 16.7. The molecule has 0 N–H and O–H groups in total. The van der Waals surface area contributed by atoms with E-state index >= 15 is 0 Å². The highest BCUT2D eigenvalue weighted by atomic mass is 16.5. The molecule has 0 heterocycles. The average Bonchev–Trinajstić information content (AvgIpc) is 2.45. The van der Waals surface area contributed by atoms with Gasteiger partial charge in [0.25, 0.3) is 0 Å². The quantitative estimate of drug-likeness (QED) is 0.317. The third-order valence-electron chi connectivity index (χ3n) is 3.54. The van der Waals surface area contributed by atoms with Crippen molar-refractivity contribution in [2.45, 2.75) is 80.6 Å². The van der Waals surface area contributed by atoms with E-state index in [-0.39, 0.29) is 23.3 Å². The molecule has 0 rings (SSSR count). The van der Waals surface area contributed by atoms with Gasteiger partial charge in [0.15, 0.2) is 0 Å². The molecule has 0 aliphatic rings. The Bertz CT molecular complexity index is 427. The molecule has 0 aromatic heterocycles. The van der Waals surface area contributed by atoms with Crippen molar-refractivity contribution in [2.75, 3.05) is 13.2 Å². The summed E-state index contributed by atoms with van der Waals surface area (Å²) in [4.78, 5) is 25.1. The predicted molar refractivity (Wildman–Crippen MR) is 97.7 cm³/mol. The van der Waals surface area contributed by atoms with Crippen LogP contribution in [0.1, 0.15) is 80.6 Å². The fourth-order valence-electron chi connectivity index (χ4n) is 2.30. The minimum atomic E-state index is -0.384. The Morgan fingerprint density at radius 2 is 1.33 bits per heavy atom. The summed E-state index contributed by atoms with van der Waals surface area (Å²) >= 11 is 0. The standard InChI is InChI=1S/C20H36O4/c1-8-10-12-23-18(21)16(14-20(5,6)7)17(15(3)4)19(22)24-13-11-9-2/h15H,8-14H2,1-7H3/b17-16-. The van der Waals surface area contributed by atoms with Crippen LogP contribution >= 0.6 is 0 Å². The summed E-state index contributed by atoms with van der Waals surface area (Å²) in [6, 6.07) is 0. The summed E-state index contributed by atoms with van der Waals surface area (Å²) in [5.74, 6) is -0.852. The highest BCUT2D eigenvalue weighted by Gasteiger charge is 2.29. The summed E-state index contributed by atoms with van der Waals surface area (Å²) in [6.07, 6.45) is 4.07. The Balaban J connectivity index is 5.53. The molecular weight excluding hydrogens is 304 g/mol. The van der Waals surface area contributed by atoms with E-state index in [1.54, 1.807) is 0 Å². The van der Waals surface area contributed by atoms with E-state index in [1.807, 2.05) is 48.5 Å². The largest absolute Gasteiger partial charge is 0.462 e. The number of rotatable bonds is 10. The molecule has 0 atom stereocenters. The number of esters is 2. The first kappa shape index (κ1) is 22.7. The van der Waals surface area contributed by atoms with Crippen molar-refractivity contribution in [2.24, 2.45) is 11.3 Å². The summed E-state index contributed by atoms with van der Waals surface area (Å²) in [7, 11) is 0. The lowest BCUT2D eigenvalue weighted by Crippen LogP contribution is -2.23. The van der Waals surface area contributed by atoms with E-state index < -0.39 is 0 Å². The van der Waals surface area contributed by atoms with Crippen molar-refractivity contribution in [3.05, 3.63) is 11.1 Å². The number of unbranched alkanes of at least 4 members (excludes halogenated alkanes) is 2. The Morgan fingerprint density at radius 3 is 1.71 bits per heavy atom. The number of hydrogen-bond acceptors (Lipinski definition) is 4. The molecule has 0 aromatic carbocycles. The lowest BCUT2D eigenvalue weighted by Gasteiger charge is -2.23. The normalized spacial score (nSPS) is 12.8. The summed E-state index contributed by atoms with van der Waals surface area (Å²) in [6.45, 7) is 14.8. The van der Waals surface area contributed by atoms with Crippen LogP contribution in [0.3, 0.4) is 0 Å². The molecule has 24 heavy (non-hydrogen) atoms. The molecule has 4 nitrogen and oxygen atoms in total. The third-order valence-corrected chi connectivity index (χ3v) is 3.54. The van der Waals surface area contributed by atoms with Crippen molar-refractivity contribution in [3.63, 3.8) is 0 Å². The Labute approximate surface area is 148 Å². The minimum Gasteiger partial charge on any atom is -0.462 e. The Hall–Kier alpha value is -1.32. The molecule has 0 aromatic rings. The second kappa shape index (κ2) is 11.3. The van der Waals surface area contributed by atoms with Crippen LogP contribution in [0, 0.1) is 11.3 Å². The van der Waals surface area contributed by atoms with Crippen LogP contribution in [0.2, 0.25) is 0 Å². The molecule has 0 unspecified atom stereocenters. The van der Waals surface area contributed by atoms with Crippen molar-refractivity contribution in [1.82, 2.24) is 0 Å². The second-order valence-corrected chi connectivity index (χ2v) is 7.76. The second-order valence-electron chi connectivity index (χ2n) is 7.76. The molecule has 0 saturated heterocycles. The van der Waals surface area contributed by atoms with Crippen LogP contribution in [-0.4, -0.2) is 25.2 Å². The van der Waals surface area contributed by atoms with Gasteiger partial charge in [0.2, 0.25) is 0 Å². The van der Waals surface area contributed by atoms with E-state index in [1.165, 1.54) is 0 Å². The highest BCUT2D eigenvalue weighted by Crippen LogP contribution is 2.30. The van der Waals surface area contributed by atoms with Crippen LogP contribution in [0.5, 0.6) is 0 Å². The van der Waals surface area contributed by atoms with Crippen LogP contribution in [0.25, 0.3) is 0 Å². The Kier molecular flexibility index (Phi) is 10.7. The maximum absolute atomic E-state index is 12.6. The van der Waals surface area contributed by atoms with Gasteiger partial charge in [0, 0.05) is 5.57 Å². The molecule has 4 heteroatoms. The zero-order chi connectivity index (χ0) is 18.8. The molecular formula is C20H36O4. The third kappa shape index (κ3) is 9.09. The van der Waals surface area contributed by atoms with Gasteiger partial charge >= 0.3 is 11.9 Å². The SMILES string of the molecule is CCCCOC(=O)/C(CC(C)(C)C)=C(\C(=O)OCCCC)C(C)C. The number of hydrogen-bond donors (Lipinski definition) is 0. The molecule has 0 bridgehead atoms. The molecule has 0 spiro atoms. The molecule has 0 aliphatic heterocycles. The van der Waals surface area contributed by atoms with Gasteiger partial charge in [-0.1, -0.05) is 61.3 Å². The maximum Gasteiger partial charge on any atom is 0.334 e. The van der Waals surface area contributed by atoms with Crippen LogP contribution in [0.15, 0.2) is 11.1 Å². The summed E-state index contributed by atoms with van der Waals surface area (Å²) in [5, 5.41) is 0. The monoisotopic (exact) mass is 340 g/mol. The van der Waals surface area contributed by atoms with E-state index in [0.717, 1.165) is 25.7 Å². The topological polar surface area (TPSA) is 52.6 Å². The van der Waals surface area contributed by atoms with E-state index in [0.29, 0.717) is 30.8 Å². The number of carbonyl (C=O) groups is 2. The lowest BCUT2D eigenvalue weighted by atomic mass is 9.83. The first-order valence-electron chi connectivity index (χ1n) is 9.21.